The smallest absolute Gasteiger partial charge is 0.310 e. The number of hydrogen-bond acceptors (Lipinski definition) is 6. The molecule has 1 atom stereocenters. The summed E-state index contributed by atoms with van der Waals surface area (Å²) in [5.41, 5.74) is 5.81. The third kappa shape index (κ3) is 6.24. The van der Waals surface area contributed by atoms with Crippen LogP contribution in [-0.4, -0.2) is 26.2 Å². The summed E-state index contributed by atoms with van der Waals surface area (Å²) in [5.74, 6) is -0.617. The highest BCUT2D eigenvalue weighted by molar-refractivity contribution is 7.86. The van der Waals surface area contributed by atoms with E-state index < -0.39 is 27.9 Å². The average molecular weight is 315 g/mol. The van der Waals surface area contributed by atoms with E-state index in [0.717, 1.165) is 5.56 Å². The molecule has 7 heteroatoms. The van der Waals surface area contributed by atoms with Crippen LogP contribution in [0.15, 0.2) is 29.2 Å². The number of ether oxygens (including phenoxy) is 1. The van der Waals surface area contributed by atoms with Gasteiger partial charge in [0.15, 0.2) is 0 Å². The minimum Gasteiger partial charge on any atom is -0.460 e. The lowest BCUT2D eigenvalue weighted by Crippen LogP contribution is -2.33. The van der Waals surface area contributed by atoms with Crippen molar-refractivity contribution in [3.63, 3.8) is 0 Å². The van der Waals surface area contributed by atoms with Crippen molar-refractivity contribution in [1.82, 2.24) is 0 Å². The van der Waals surface area contributed by atoms with E-state index in [1.807, 2.05) is 6.92 Å². The van der Waals surface area contributed by atoms with Crippen molar-refractivity contribution in [3.05, 3.63) is 29.8 Å². The Morgan fingerprint density at radius 3 is 2.24 bits per heavy atom. The van der Waals surface area contributed by atoms with Crippen LogP contribution in [0.5, 0.6) is 0 Å². The van der Waals surface area contributed by atoms with E-state index >= 15 is 0 Å². The second-order valence-electron chi connectivity index (χ2n) is 5.69. The van der Waals surface area contributed by atoms with Gasteiger partial charge in [-0.2, -0.15) is 8.42 Å². The Kier molecular flexibility index (Phi) is 5.49. The summed E-state index contributed by atoms with van der Waals surface area (Å²) < 4.78 is 33.8. The molecule has 0 saturated heterocycles. The van der Waals surface area contributed by atoms with Gasteiger partial charge in [0.2, 0.25) is 0 Å². The zero-order valence-corrected chi connectivity index (χ0v) is 13.4. The molecule has 0 fully saturated rings. The molecule has 1 rings (SSSR count). The molecule has 0 heterocycles. The van der Waals surface area contributed by atoms with Gasteiger partial charge in [-0.25, -0.2) is 4.18 Å². The summed E-state index contributed by atoms with van der Waals surface area (Å²) in [5, 5.41) is 0. The molecule has 0 bridgehead atoms. The monoisotopic (exact) mass is 315 g/mol. The fourth-order valence-electron chi connectivity index (χ4n) is 1.50. The van der Waals surface area contributed by atoms with Crippen molar-refractivity contribution in [1.29, 1.82) is 0 Å². The molecule has 0 aromatic heterocycles. The lowest BCUT2D eigenvalue weighted by atomic mass is 10.2. The number of rotatable bonds is 5. The summed E-state index contributed by atoms with van der Waals surface area (Å²) in [4.78, 5) is 11.6. The van der Waals surface area contributed by atoms with E-state index in [1.165, 1.54) is 12.1 Å². The zero-order chi connectivity index (χ0) is 16.3. The van der Waals surface area contributed by atoms with Gasteiger partial charge in [-0.1, -0.05) is 17.7 Å². The highest BCUT2D eigenvalue weighted by Crippen LogP contribution is 2.16. The van der Waals surface area contributed by atoms with Crippen LogP contribution >= 0.6 is 0 Å². The average Bonchev–Trinajstić information content (AvgIpc) is 2.25. The molecular formula is C14H21NO5S. The first-order chi connectivity index (χ1) is 9.49. The molecule has 0 radical (unpaired) electrons. The highest BCUT2D eigenvalue weighted by atomic mass is 32.2. The molecule has 0 aliphatic heterocycles. The summed E-state index contributed by atoms with van der Waals surface area (Å²) in [6, 6.07) is 6.14. The van der Waals surface area contributed by atoms with E-state index in [2.05, 4.69) is 0 Å². The molecule has 118 valence electrons. The number of aryl methyl sites for hydroxylation is 1. The SMILES string of the molecule is Cc1ccc(S(=O)(=O)OC(N)CC(=O)OC(C)(C)C)cc1. The normalized spacial score (nSPS) is 13.8. The van der Waals surface area contributed by atoms with Crippen molar-refractivity contribution in [3.8, 4) is 0 Å². The Labute approximate surface area is 125 Å². The first-order valence-electron chi connectivity index (χ1n) is 6.47. The van der Waals surface area contributed by atoms with E-state index in [4.69, 9.17) is 14.7 Å². The molecule has 1 aromatic carbocycles. The number of carbonyl (C=O) groups is 1. The summed E-state index contributed by atoms with van der Waals surface area (Å²) in [6.07, 6.45) is -1.63. The lowest BCUT2D eigenvalue weighted by Gasteiger charge is -2.20. The van der Waals surface area contributed by atoms with E-state index in [9.17, 15) is 13.2 Å². The molecule has 2 N–H and O–H groups in total. The molecule has 6 nitrogen and oxygen atoms in total. The van der Waals surface area contributed by atoms with Gasteiger partial charge in [0.05, 0.1) is 11.3 Å². The van der Waals surface area contributed by atoms with E-state index in [0.29, 0.717) is 0 Å². The number of nitrogens with two attached hydrogens (primary N) is 1. The van der Waals surface area contributed by atoms with Gasteiger partial charge >= 0.3 is 5.97 Å². The van der Waals surface area contributed by atoms with Gasteiger partial charge in [0.1, 0.15) is 11.8 Å². The topological polar surface area (TPSA) is 95.7 Å². The van der Waals surface area contributed by atoms with Gasteiger partial charge in [-0.15, -0.1) is 0 Å². The van der Waals surface area contributed by atoms with E-state index in [1.54, 1.807) is 32.9 Å². The Bertz CT molecular complexity index is 587. The Hall–Kier alpha value is -1.44. The molecule has 0 aliphatic rings. The number of esters is 1. The molecule has 1 unspecified atom stereocenters. The molecule has 1 aromatic rings. The second kappa shape index (κ2) is 6.55. The minimum atomic E-state index is -4.00. The standard InChI is InChI=1S/C14H21NO5S/c1-10-5-7-11(8-6-10)21(17,18)20-12(15)9-13(16)19-14(2,3)4/h5-8,12H,9,15H2,1-4H3. The van der Waals surface area contributed by atoms with Crippen LogP contribution in [0.25, 0.3) is 0 Å². The van der Waals surface area contributed by atoms with Crippen LogP contribution in [-0.2, 0) is 23.8 Å². The number of benzene rings is 1. The molecule has 0 saturated carbocycles. The zero-order valence-electron chi connectivity index (χ0n) is 12.6. The van der Waals surface area contributed by atoms with Crippen molar-refractivity contribution in [2.75, 3.05) is 0 Å². The van der Waals surface area contributed by atoms with Crippen LogP contribution in [0, 0.1) is 6.92 Å². The molecule has 0 spiro atoms. The lowest BCUT2D eigenvalue weighted by molar-refractivity contribution is -0.156. The highest BCUT2D eigenvalue weighted by Gasteiger charge is 2.24. The summed E-state index contributed by atoms with van der Waals surface area (Å²) in [7, 11) is -4.00. The Balaban J connectivity index is 2.67. The Morgan fingerprint density at radius 2 is 1.76 bits per heavy atom. The van der Waals surface area contributed by atoms with Crippen molar-refractivity contribution >= 4 is 16.1 Å². The third-order valence-electron chi connectivity index (χ3n) is 2.35. The molecule has 21 heavy (non-hydrogen) atoms. The van der Waals surface area contributed by atoms with Crippen LogP contribution < -0.4 is 5.73 Å². The predicted octanol–water partition coefficient (Wildman–Crippen LogP) is 1.72. The second-order valence-corrected chi connectivity index (χ2v) is 7.26. The minimum absolute atomic E-state index is 0.00672. The maximum atomic E-state index is 12.0. The van der Waals surface area contributed by atoms with Gasteiger partial charge in [0.25, 0.3) is 10.1 Å². The Morgan fingerprint density at radius 1 is 1.24 bits per heavy atom. The van der Waals surface area contributed by atoms with Crippen LogP contribution in [0.4, 0.5) is 0 Å². The van der Waals surface area contributed by atoms with Crippen LogP contribution in [0.3, 0.4) is 0 Å². The maximum absolute atomic E-state index is 12.0. The number of carbonyl (C=O) groups excluding carboxylic acids is 1. The largest absolute Gasteiger partial charge is 0.460 e. The maximum Gasteiger partial charge on any atom is 0.310 e. The van der Waals surface area contributed by atoms with Crippen molar-refractivity contribution < 1.29 is 22.1 Å². The summed E-state index contributed by atoms with van der Waals surface area (Å²) >= 11 is 0. The van der Waals surface area contributed by atoms with Gasteiger partial charge in [-0.05, 0) is 39.8 Å². The first-order valence-corrected chi connectivity index (χ1v) is 7.88. The van der Waals surface area contributed by atoms with Gasteiger partial charge in [-0.3, -0.25) is 4.79 Å². The van der Waals surface area contributed by atoms with Gasteiger partial charge in [0, 0.05) is 0 Å². The molecule has 0 amide bonds. The quantitative estimate of drug-likeness (QED) is 0.505. The van der Waals surface area contributed by atoms with E-state index in [-0.39, 0.29) is 11.3 Å². The fraction of sp³-hybridized carbons (Fsp3) is 0.500. The van der Waals surface area contributed by atoms with Gasteiger partial charge < -0.3 is 10.5 Å². The molecule has 0 aliphatic carbocycles. The first kappa shape index (κ1) is 17.6. The molecular weight excluding hydrogens is 294 g/mol. The third-order valence-corrected chi connectivity index (χ3v) is 3.70. The fourth-order valence-corrected chi connectivity index (χ4v) is 2.48. The summed E-state index contributed by atoms with van der Waals surface area (Å²) in [6.45, 7) is 6.96. The van der Waals surface area contributed by atoms with Crippen LogP contribution in [0.2, 0.25) is 0 Å². The van der Waals surface area contributed by atoms with Crippen molar-refractivity contribution in [2.24, 2.45) is 5.73 Å². The van der Waals surface area contributed by atoms with Crippen molar-refractivity contribution in [2.45, 2.75) is 50.8 Å². The predicted molar refractivity (Wildman–Crippen MR) is 77.9 cm³/mol. The van der Waals surface area contributed by atoms with Crippen LogP contribution in [0.1, 0.15) is 32.8 Å². The number of hydrogen-bond donors (Lipinski definition) is 1.